The Balaban J connectivity index is 3.04. The van der Waals surface area contributed by atoms with Crippen molar-refractivity contribution in [2.75, 3.05) is 7.11 Å². The molecule has 0 amide bonds. The number of ether oxygens (including phenoxy) is 1. The Labute approximate surface area is 97.8 Å². The molecule has 3 nitrogen and oxygen atoms in total. The molecule has 1 aromatic heterocycles. The molecule has 0 unspecified atom stereocenters. The fourth-order valence-electron chi connectivity index (χ4n) is 1.03. The lowest BCUT2D eigenvalue weighted by atomic mass is 10.2. The first kappa shape index (κ1) is 13.0. The lowest BCUT2D eigenvalue weighted by Crippen LogP contribution is -2.10. The van der Waals surface area contributed by atoms with Gasteiger partial charge in [-0.2, -0.15) is 13.2 Å². The van der Waals surface area contributed by atoms with E-state index in [2.05, 4.69) is 25.7 Å². The number of hydrogen-bond donors (Lipinski definition) is 0. The van der Waals surface area contributed by atoms with E-state index in [1.807, 2.05) is 0 Å². The quantitative estimate of drug-likeness (QED) is 0.622. The second-order valence-corrected chi connectivity index (χ2v) is 3.73. The molecule has 88 valence electrons. The summed E-state index contributed by atoms with van der Waals surface area (Å²) in [5, 5.41) is 0. The van der Waals surface area contributed by atoms with E-state index in [0.29, 0.717) is 0 Å². The van der Waals surface area contributed by atoms with Crippen LogP contribution in [0.4, 0.5) is 13.2 Å². The maximum Gasteiger partial charge on any atom is 0.416 e. The zero-order valence-corrected chi connectivity index (χ0v) is 9.72. The zero-order valence-electron chi connectivity index (χ0n) is 8.14. The van der Waals surface area contributed by atoms with Crippen LogP contribution in [0.25, 0.3) is 0 Å². The Kier molecular flexibility index (Phi) is 3.90. The number of carbonyl (C=O) groups excluding carboxylic acids is 1. The maximum absolute atomic E-state index is 12.4. The molecule has 0 spiro atoms. The highest BCUT2D eigenvalue weighted by Crippen LogP contribution is 2.31. The first-order valence-corrected chi connectivity index (χ1v) is 4.92. The van der Waals surface area contributed by atoms with Crippen molar-refractivity contribution in [2.24, 2.45) is 0 Å². The van der Waals surface area contributed by atoms with Crippen LogP contribution in [0.5, 0.6) is 0 Å². The average Bonchev–Trinajstić information content (AvgIpc) is 2.15. The number of esters is 1. The highest BCUT2D eigenvalue weighted by atomic mass is 79.9. The lowest BCUT2D eigenvalue weighted by Gasteiger charge is -2.08. The van der Waals surface area contributed by atoms with Crippen LogP contribution < -0.4 is 0 Å². The van der Waals surface area contributed by atoms with E-state index in [4.69, 9.17) is 0 Å². The summed E-state index contributed by atoms with van der Waals surface area (Å²) in [7, 11) is 1.16. The SMILES string of the molecule is COC(=O)Cc1cc(C(F)(F)F)cc(Br)n1. The number of halogens is 4. The van der Waals surface area contributed by atoms with E-state index >= 15 is 0 Å². The van der Waals surface area contributed by atoms with Crippen molar-refractivity contribution < 1.29 is 22.7 Å². The molecule has 0 atom stereocenters. The standard InChI is InChI=1S/C9H7BrF3NO2/c1-16-8(15)4-6-2-5(9(11,12)13)3-7(10)14-6/h2-3H,4H2,1H3. The normalized spacial score (nSPS) is 11.3. The molecule has 0 bridgehead atoms. The fraction of sp³-hybridized carbons (Fsp3) is 0.333. The summed E-state index contributed by atoms with van der Waals surface area (Å²) in [6, 6.07) is 1.67. The minimum atomic E-state index is -4.46. The summed E-state index contributed by atoms with van der Waals surface area (Å²) >= 11 is 2.85. The average molecular weight is 298 g/mol. The van der Waals surface area contributed by atoms with Gasteiger partial charge >= 0.3 is 12.1 Å². The Morgan fingerprint density at radius 3 is 2.62 bits per heavy atom. The highest BCUT2D eigenvalue weighted by molar-refractivity contribution is 9.10. The molecule has 0 fully saturated rings. The van der Waals surface area contributed by atoms with Crippen LogP contribution in [-0.4, -0.2) is 18.1 Å². The number of alkyl halides is 3. The summed E-state index contributed by atoms with van der Waals surface area (Å²) < 4.78 is 41.6. The predicted octanol–water partition coefficient (Wildman–Crippen LogP) is 2.58. The molecule has 0 N–H and O–H groups in total. The minimum Gasteiger partial charge on any atom is -0.469 e. The number of methoxy groups -OCH3 is 1. The van der Waals surface area contributed by atoms with Gasteiger partial charge in [0.15, 0.2) is 0 Å². The van der Waals surface area contributed by atoms with E-state index in [9.17, 15) is 18.0 Å². The molecule has 0 aromatic carbocycles. The van der Waals surface area contributed by atoms with Crippen molar-refractivity contribution in [3.8, 4) is 0 Å². The fourth-order valence-corrected chi connectivity index (χ4v) is 1.50. The minimum absolute atomic E-state index is 0.00792. The van der Waals surface area contributed by atoms with Crippen LogP contribution >= 0.6 is 15.9 Å². The molecule has 0 saturated carbocycles. The number of aromatic nitrogens is 1. The molecular formula is C9H7BrF3NO2. The molecule has 1 heterocycles. The second kappa shape index (κ2) is 4.82. The first-order valence-electron chi connectivity index (χ1n) is 4.13. The third-order valence-corrected chi connectivity index (χ3v) is 2.13. The van der Waals surface area contributed by atoms with Crippen LogP contribution in [0.15, 0.2) is 16.7 Å². The van der Waals surface area contributed by atoms with E-state index < -0.39 is 17.7 Å². The zero-order chi connectivity index (χ0) is 12.3. The van der Waals surface area contributed by atoms with Crippen molar-refractivity contribution >= 4 is 21.9 Å². The van der Waals surface area contributed by atoms with Crippen molar-refractivity contribution in [2.45, 2.75) is 12.6 Å². The molecule has 0 saturated heterocycles. The van der Waals surface area contributed by atoms with Gasteiger partial charge in [-0.25, -0.2) is 4.98 Å². The number of carbonyl (C=O) groups is 1. The Hall–Kier alpha value is -1.11. The van der Waals surface area contributed by atoms with Gasteiger partial charge in [-0.3, -0.25) is 4.79 Å². The van der Waals surface area contributed by atoms with Gasteiger partial charge in [-0.1, -0.05) is 0 Å². The van der Waals surface area contributed by atoms with Crippen LogP contribution in [-0.2, 0) is 22.1 Å². The van der Waals surface area contributed by atoms with Crippen molar-refractivity contribution in [3.63, 3.8) is 0 Å². The molecule has 1 aromatic rings. The molecular weight excluding hydrogens is 291 g/mol. The van der Waals surface area contributed by atoms with Gasteiger partial charge in [0.1, 0.15) is 4.60 Å². The number of pyridine rings is 1. The van der Waals surface area contributed by atoms with Gasteiger partial charge < -0.3 is 4.74 Å². The molecule has 0 aliphatic carbocycles. The van der Waals surface area contributed by atoms with Crippen LogP contribution in [0.2, 0.25) is 0 Å². The van der Waals surface area contributed by atoms with Crippen molar-refractivity contribution in [1.29, 1.82) is 0 Å². The summed E-state index contributed by atoms with van der Waals surface area (Å²) in [6.45, 7) is 0. The van der Waals surface area contributed by atoms with Crippen LogP contribution in [0.3, 0.4) is 0 Å². The maximum atomic E-state index is 12.4. The molecule has 0 aliphatic rings. The second-order valence-electron chi connectivity index (χ2n) is 2.92. The smallest absolute Gasteiger partial charge is 0.416 e. The Bertz CT molecular complexity index is 406. The number of rotatable bonds is 2. The van der Waals surface area contributed by atoms with Gasteiger partial charge in [0, 0.05) is 0 Å². The van der Waals surface area contributed by atoms with E-state index in [0.717, 1.165) is 19.2 Å². The summed E-state index contributed by atoms with van der Waals surface area (Å²) in [5.74, 6) is -0.640. The molecule has 1 rings (SSSR count). The summed E-state index contributed by atoms with van der Waals surface area (Å²) in [5.41, 5.74) is -0.846. The van der Waals surface area contributed by atoms with Gasteiger partial charge in [-0.15, -0.1) is 0 Å². The Morgan fingerprint density at radius 1 is 1.50 bits per heavy atom. The van der Waals surface area contributed by atoms with Gasteiger partial charge in [0.25, 0.3) is 0 Å². The third-order valence-electron chi connectivity index (χ3n) is 1.73. The van der Waals surface area contributed by atoms with Gasteiger partial charge in [0.2, 0.25) is 0 Å². The molecule has 0 aliphatic heterocycles. The first-order chi connectivity index (χ1) is 7.32. The van der Waals surface area contributed by atoms with Crippen LogP contribution in [0.1, 0.15) is 11.3 Å². The predicted molar refractivity (Wildman–Crippen MR) is 52.7 cm³/mol. The summed E-state index contributed by atoms with van der Waals surface area (Å²) in [4.78, 5) is 14.6. The number of nitrogens with zero attached hydrogens (tertiary/aromatic N) is 1. The van der Waals surface area contributed by atoms with E-state index in [-0.39, 0.29) is 16.7 Å². The topological polar surface area (TPSA) is 39.2 Å². The highest BCUT2D eigenvalue weighted by Gasteiger charge is 2.31. The Morgan fingerprint density at radius 2 is 2.12 bits per heavy atom. The largest absolute Gasteiger partial charge is 0.469 e. The number of hydrogen-bond acceptors (Lipinski definition) is 3. The van der Waals surface area contributed by atoms with Gasteiger partial charge in [-0.05, 0) is 28.1 Å². The summed E-state index contributed by atoms with van der Waals surface area (Å²) in [6.07, 6.45) is -4.75. The van der Waals surface area contributed by atoms with Crippen molar-refractivity contribution in [1.82, 2.24) is 4.98 Å². The third kappa shape index (κ3) is 3.48. The monoisotopic (exact) mass is 297 g/mol. The van der Waals surface area contributed by atoms with Crippen LogP contribution in [0, 0.1) is 0 Å². The molecule has 0 radical (unpaired) electrons. The molecule has 16 heavy (non-hydrogen) atoms. The van der Waals surface area contributed by atoms with Crippen molar-refractivity contribution in [3.05, 3.63) is 28.0 Å². The van der Waals surface area contributed by atoms with E-state index in [1.54, 1.807) is 0 Å². The lowest BCUT2D eigenvalue weighted by molar-refractivity contribution is -0.140. The van der Waals surface area contributed by atoms with E-state index in [1.165, 1.54) is 0 Å². The molecule has 7 heteroatoms. The van der Waals surface area contributed by atoms with Gasteiger partial charge in [0.05, 0.1) is 24.8 Å².